The van der Waals surface area contributed by atoms with Crippen LogP contribution in [0.5, 0.6) is 0 Å². The quantitative estimate of drug-likeness (QED) is 0.812. The van der Waals surface area contributed by atoms with Gasteiger partial charge in [0.25, 0.3) is 5.91 Å². The Morgan fingerprint density at radius 3 is 2.95 bits per heavy atom. The number of furan rings is 1. The number of amides is 1. The number of hydrogen-bond acceptors (Lipinski definition) is 3. The second-order valence-electron chi connectivity index (χ2n) is 4.61. The fourth-order valence-electron chi connectivity index (χ4n) is 2.02. The molecule has 0 aliphatic heterocycles. The first-order valence-electron chi connectivity index (χ1n) is 6.19. The molecule has 19 heavy (non-hydrogen) atoms. The third-order valence-electron chi connectivity index (χ3n) is 3.13. The summed E-state index contributed by atoms with van der Waals surface area (Å²) >= 11 is 3.29. The van der Waals surface area contributed by atoms with Crippen molar-refractivity contribution in [3.8, 4) is 0 Å². The van der Waals surface area contributed by atoms with Crippen molar-refractivity contribution in [3.05, 3.63) is 52.7 Å². The fourth-order valence-corrected chi connectivity index (χ4v) is 2.39. The molecule has 1 fully saturated rings. The average molecular weight is 321 g/mol. The molecule has 2 aromatic rings. The lowest BCUT2D eigenvalue weighted by molar-refractivity contribution is 0.0717. The Hall–Kier alpha value is -1.62. The highest BCUT2D eigenvalue weighted by molar-refractivity contribution is 9.10. The monoisotopic (exact) mass is 320 g/mol. The zero-order valence-corrected chi connectivity index (χ0v) is 11.8. The van der Waals surface area contributed by atoms with Crippen molar-refractivity contribution in [2.75, 3.05) is 0 Å². The van der Waals surface area contributed by atoms with Gasteiger partial charge < -0.3 is 9.32 Å². The molecule has 0 spiro atoms. The highest BCUT2D eigenvalue weighted by Gasteiger charge is 2.33. The number of pyridine rings is 1. The highest BCUT2D eigenvalue weighted by atomic mass is 79.9. The van der Waals surface area contributed by atoms with E-state index in [4.69, 9.17) is 4.42 Å². The molecule has 0 radical (unpaired) electrons. The third kappa shape index (κ3) is 2.87. The SMILES string of the molecule is O=C(c1ccnc(Br)c1)N(Cc1ccco1)C1CC1. The van der Waals surface area contributed by atoms with Gasteiger partial charge in [-0.05, 0) is 53.0 Å². The van der Waals surface area contributed by atoms with Gasteiger partial charge in [0.2, 0.25) is 0 Å². The van der Waals surface area contributed by atoms with Crippen molar-refractivity contribution in [1.29, 1.82) is 0 Å². The standard InChI is InChI=1S/C14H13BrN2O2/c15-13-8-10(5-6-16-13)14(18)17(11-3-4-11)9-12-2-1-7-19-12/h1-2,5-8,11H,3-4,9H2. The second kappa shape index (κ2) is 5.17. The molecule has 5 heteroatoms. The number of carbonyl (C=O) groups excluding carboxylic acids is 1. The number of nitrogens with zero attached hydrogens (tertiary/aromatic N) is 2. The topological polar surface area (TPSA) is 46.3 Å². The van der Waals surface area contributed by atoms with Crippen molar-refractivity contribution in [2.24, 2.45) is 0 Å². The number of aromatic nitrogens is 1. The number of halogens is 1. The van der Waals surface area contributed by atoms with E-state index in [2.05, 4.69) is 20.9 Å². The Bertz CT molecular complexity index is 579. The summed E-state index contributed by atoms with van der Waals surface area (Å²) in [4.78, 5) is 18.5. The van der Waals surface area contributed by atoms with E-state index in [1.165, 1.54) is 0 Å². The van der Waals surface area contributed by atoms with Gasteiger partial charge in [0, 0.05) is 17.8 Å². The van der Waals surface area contributed by atoms with Crippen LogP contribution in [0.1, 0.15) is 29.0 Å². The lowest BCUT2D eigenvalue weighted by Crippen LogP contribution is -2.32. The minimum Gasteiger partial charge on any atom is -0.467 e. The summed E-state index contributed by atoms with van der Waals surface area (Å²) in [5, 5.41) is 0. The van der Waals surface area contributed by atoms with Crippen LogP contribution in [-0.2, 0) is 6.54 Å². The van der Waals surface area contributed by atoms with E-state index in [-0.39, 0.29) is 5.91 Å². The molecule has 1 aliphatic rings. The Morgan fingerprint density at radius 2 is 2.32 bits per heavy atom. The van der Waals surface area contributed by atoms with Crippen LogP contribution in [0.2, 0.25) is 0 Å². The Balaban J connectivity index is 1.82. The molecular formula is C14H13BrN2O2. The molecule has 0 aromatic carbocycles. The summed E-state index contributed by atoms with van der Waals surface area (Å²) in [6.45, 7) is 0.524. The van der Waals surface area contributed by atoms with Crippen LogP contribution in [0.25, 0.3) is 0 Å². The molecule has 1 saturated carbocycles. The maximum Gasteiger partial charge on any atom is 0.254 e. The second-order valence-corrected chi connectivity index (χ2v) is 5.42. The van der Waals surface area contributed by atoms with Gasteiger partial charge in [0.05, 0.1) is 12.8 Å². The van der Waals surface area contributed by atoms with E-state index in [1.54, 1.807) is 24.6 Å². The van der Waals surface area contributed by atoms with Gasteiger partial charge in [-0.2, -0.15) is 0 Å². The third-order valence-corrected chi connectivity index (χ3v) is 3.56. The first kappa shape index (κ1) is 12.4. The highest BCUT2D eigenvalue weighted by Crippen LogP contribution is 2.30. The molecule has 4 nitrogen and oxygen atoms in total. The molecular weight excluding hydrogens is 308 g/mol. The first-order valence-corrected chi connectivity index (χ1v) is 6.98. The van der Waals surface area contributed by atoms with E-state index < -0.39 is 0 Å². The summed E-state index contributed by atoms with van der Waals surface area (Å²) in [6.07, 6.45) is 5.40. The minimum absolute atomic E-state index is 0.0296. The van der Waals surface area contributed by atoms with Gasteiger partial charge in [0.1, 0.15) is 10.4 Å². The largest absolute Gasteiger partial charge is 0.467 e. The number of carbonyl (C=O) groups is 1. The van der Waals surface area contributed by atoms with Crippen LogP contribution in [0.4, 0.5) is 0 Å². The fraction of sp³-hybridized carbons (Fsp3) is 0.286. The van der Waals surface area contributed by atoms with Gasteiger partial charge in [-0.3, -0.25) is 4.79 Å². The van der Waals surface area contributed by atoms with Gasteiger partial charge in [-0.15, -0.1) is 0 Å². The molecule has 1 aliphatic carbocycles. The first-order chi connectivity index (χ1) is 9.24. The predicted molar refractivity (Wildman–Crippen MR) is 73.5 cm³/mol. The molecule has 0 N–H and O–H groups in total. The molecule has 3 rings (SSSR count). The molecule has 2 heterocycles. The maximum absolute atomic E-state index is 12.5. The van der Waals surface area contributed by atoms with Crippen LogP contribution in [-0.4, -0.2) is 21.8 Å². The van der Waals surface area contributed by atoms with Gasteiger partial charge in [0.15, 0.2) is 0 Å². The van der Waals surface area contributed by atoms with E-state index in [9.17, 15) is 4.79 Å². The zero-order valence-electron chi connectivity index (χ0n) is 10.3. The van der Waals surface area contributed by atoms with Gasteiger partial charge in [-0.25, -0.2) is 4.98 Å². The van der Waals surface area contributed by atoms with E-state index >= 15 is 0 Å². The molecule has 98 valence electrons. The summed E-state index contributed by atoms with van der Waals surface area (Å²) in [5.74, 6) is 0.843. The summed E-state index contributed by atoms with van der Waals surface area (Å²) < 4.78 is 6.01. The van der Waals surface area contributed by atoms with Crippen molar-refractivity contribution >= 4 is 21.8 Å². The molecule has 0 saturated heterocycles. The van der Waals surface area contributed by atoms with Crippen molar-refractivity contribution < 1.29 is 9.21 Å². The Morgan fingerprint density at radius 1 is 1.47 bits per heavy atom. The van der Waals surface area contributed by atoms with Crippen molar-refractivity contribution in [1.82, 2.24) is 9.88 Å². The van der Waals surface area contributed by atoms with Crippen LogP contribution in [0.3, 0.4) is 0 Å². The van der Waals surface area contributed by atoms with Gasteiger partial charge >= 0.3 is 0 Å². The minimum atomic E-state index is 0.0296. The van der Waals surface area contributed by atoms with Crippen molar-refractivity contribution in [3.63, 3.8) is 0 Å². The molecule has 1 amide bonds. The normalized spacial score (nSPS) is 14.4. The van der Waals surface area contributed by atoms with Crippen LogP contribution >= 0.6 is 15.9 Å². The Labute approximate surface area is 119 Å². The maximum atomic E-state index is 12.5. The Kier molecular flexibility index (Phi) is 3.38. The van der Waals surface area contributed by atoms with Crippen LogP contribution < -0.4 is 0 Å². The van der Waals surface area contributed by atoms with E-state index in [0.29, 0.717) is 22.8 Å². The molecule has 0 bridgehead atoms. The smallest absolute Gasteiger partial charge is 0.254 e. The molecule has 0 unspecified atom stereocenters. The van der Waals surface area contributed by atoms with Crippen LogP contribution in [0, 0.1) is 0 Å². The zero-order chi connectivity index (χ0) is 13.2. The van der Waals surface area contributed by atoms with Crippen LogP contribution in [0.15, 0.2) is 45.7 Å². The number of rotatable bonds is 4. The van der Waals surface area contributed by atoms with E-state index in [0.717, 1.165) is 18.6 Å². The number of hydrogen-bond donors (Lipinski definition) is 0. The summed E-state index contributed by atoms with van der Waals surface area (Å²) in [5.41, 5.74) is 0.653. The lowest BCUT2D eigenvalue weighted by atomic mass is 10.2. The van der Waals surface area contributed by atoms with E-state index in [1.807, 2.05) is 17.0 Å². The summed E-state index contributed by atoms with van der Waals surface area (Å²) in [6, 6.07) is 7.56. The van der Waals surface area contributed by atoms with Gasteiger partial charge in [-0.1, -0.05) is 0 Å². The molecule has 0 atom stereocenters. The van der Waals surface area contributed by atoms with Crippen molar-refractivity contribution in [2.45, 2.75) is 25.4 Å². The summed E-state index contributed by atoms with van der Waals surface area (Å²) in [7, 11) is 0. The lowest BCUT2D eigenvalue weighted by Gasteiger charge is -2.21. The molecule has 2 aromatic heterocycles. The predicted octanol–water partition coefficient (Wildman–Crippen LogP) is 3.24. The average Bonchev–Trinajstić information content (AvgIpc) is 3.12.